The third kappa shape index (κ3) is 2.84. The van der Waals surface area contributed by atoms with Crippen LogP contribution in [-0.2, 0) is 0 Å². The van der Waals surface area contributed by atoms with Crippen molar-refractivity contribution in [1.82, 2.24) is 0 Å². The SMILES string of the molecule is Cc1ccc(C(N)c2ccc(I)cc2)cc1F. The maximum Gasteiger partial charge on any atom is 0.126 e. The minimum atomic E-state index is -0.276. The molecule has 0 aliphatic heterocycles. The number of halogens is 2. The molecule has 88 valence electrons. The number of nitrogens with two attached hydrogens (primary N) is 1. The van der Waals surface area contributed by atoms with Crippen LogP contribution in [0.5, 0.6) is 0 Å². The average Bonchev–Trinajstić information content (AvgIpc) is 2.33. The molecule has 0 saturated heterocycles. The maximum atomic E-state index is 13.5. The zero-order valence-electron chi connectivity index (χ0n) is 9.45. The highest BCUT2D eigenvalue weighted by molar-refractivity contribution is 14.1. The minimum Gasteiger partial charge on any atom is -0.320 e. The van der Waals surface area contributed by atoms with Crippen molar-refractivity contribution in [3.63, 3.8) is 0 Å². The second-order valence-corrected chi connectivity index (χ2v) is 5.28. The third-order valence-corrected chi connectivity index (χ3v) is 3.50. The summed E-state index contributed by atoms with van der Waals surface area (Å²) < 4.78 is 14.6. The smallest absolute Gasteiger partial charge is 0.126 e. The lowest BCUT2D eigenvalue weighted by Gasteiger charge is -2.13. The topological polar surface area (TPSA) is 26.0 Å². The first kappa shape index (κ1) is 12.5. The Balaban J connectivity index is 2.33. The van der Waals surface area contributed by atoms with Crippen molar-refractivity contribution in [3.05, 3.63) is 68.5 Å². The number of rotatable bonds is 2. The Labute approximate surface area is 114 Å². The molecule has 1 atom stereocenters. The van der Waals surface area contributed by atoms with E-state index in [0.29, 0.717) is 5.56 Å². The van der Waals surface area contributed by atoms with E-state index in [9.17, 15) is 4.39 Å². The zero-order chi connectivity index (χ0) is 12.4. The molecule has 1 nitrogen and oxygen atoms in total. The Morgan fingerprint density at radius 1 is 1.06 bits per heavy atom. The van der Waals surface area contributed by atoms with E-state index in [2.05, 4.69) is 22.6 Å². The van der Waals surface area contributed by atoms with E-state index in [1.807, 2.05) is 30.3 Å². The predicted octanol–water partition coefficient (Wildman–Crippen LogP) is 3.79. The van der Waals surface area contributed by atoms with Crippen LogP contribution in [0, 0.1) is 16.3 Å². The van der Waals surface area contributed by atoms with Gasteiger partial charge in [0.1, 0.15) is 5.82 Å². The van der Waals surface area contributed by atoms with Gasteiger partial charge in [0.15, 0.2) is 0 Å². The molecule has 0 aliphatic rings. The van der Waals surface area contributed by atoms with Gasteiger partial charge in [-0.05, 0) is 64.4 Å². The molecule has 0 radical (unpaired) electrons. The second kappa shape index (κ2) is 5.14. The van der Waals surface area contributed by atoms with Crippen LogP contribution in [0.2, 0.25) is 0 Å². The predicted molar refractivity (Wildman–Crippen MR) is 76.3 cm³/mol. The number of benzene rings is 2. The summed E-state index contributed by atoms with van der Waals surface area (Å²) in [6.45, 7) is 1.75. The van der Waals surface area contributed by atoms with Gasteiger partial charge in [-0.25, -0.2) is 4.39 Å². The van der Waals surface area contributed by atoms with Crippen LogP contribution in [0.15, 0.2) is 42.5 Å². The van der Waals surface area contributed by atoms with Gasteiger partial charge in [-0.3, -0.25) is 0 Å². The summed E-state index contributed by atoms with van der Waals surface area (Å²) in [6.07, 6.45) is 0. The normalized spacial score (nSPS) is 12.5. The molecule has 0 bridgehead atoms. The maximum absolute atomic E-state index is 13.5. The fourth-order valence-corrected chi connectivity index (χ4v) is 2.02. The first-order valence-corrected chi connectivity index (χ1v) is 6.43. The summed E-state index contributed by atoms with van der Waals surface area (Å²) in [5, 5.41) is 0. The highest BCUT2D eigenvalue weighted by Crippen LogP contribution is 2.22. The molecule has 0 aromatic heterocycles. The summed E-state index contributed by atoms with van der Waals surface area (Å²) in [5.74, 6) is -0.205. The molecule has 0 amide bonds. The lowest BCUT2D eigenvalue weighted by molar-refractivity contribution is 0.614. The van der Waals surface area contributed by atoms with Crippen LogP contribution in [0.1, 0.15) is 22.7 Å². The van der Waals surface area contributed by atoms with Crippen LogP contribution < -0.4 is 5.73 Å². The Kier molecular flexibility index (Phi) is 3.79. The molecule has 2 aromatic rings. The van der Waals surface area contributed by atoms with E-state index in [1.165, 1.54) is 6.07 Å². The molecule has 0 spiro atoms. The van der Waals surface area contributed by atoms with Gasteiger partial charge in [0.2, 0.25) is 0 Å². The molecular weight excluding hydrogens is 328 g/mol. The van der Waals surface area contributed by atoms with Crippen LogP contribution in [0.3, 0.4) is 0 Å². The molecule has 17 heavy (non-hydrogen) atoms. The van der Waals surface area contributed by atoms with Gasteiger partial charge in [-0.1, -0.05) is 24.3 Å². The Morgan fingerprint density at radius 2 is 1.65 bits per heavy atom. The molecule has 3 heteroatoms. The molecule has 0 saturated carbocycles. The summed E-state index contributed by atoms with van der Waals surface area (Å²) >= 11 is 2.24. The van der Waals surface area contributed by atoms with Crippen molar-refractivity contribution in [2.45, 2.75) is 13.0 Å². The summed E-state index contributed by atoms with van der Waals surface area (Å²) in [5.41, 5.74) is 8.55. The first-order valence-electron chi connectivity index (χ1n) is 5.35. The van der Waals surface area contributed by atoms with E-state index in [0.717, 1.165) is 14.7 Å². The van der Waals surface area contributed by atoms with Crippen molar-refractivity contribution < 1.29 is 4.39 Å². The van der Waals surface area contributed by atoms with Gasteiger partial charge < -0.3 is 5.73 Å². The van der Waals surface area contributed by atoms with Crippen LogP contribution in [0.4, 0.5) is 4.39 Å². The highest BCUT2D eigenvalue weighted by atomic mass is 127. The molecule has 2 rings (SSSR count). The molecule has 1 unspecified atom stereocenters. The zero-order valence-corrected chi connectivity index (χ0v) is 11.6. The molecule has 0 fully saturated rings. The number of hydrogen-bond donors (Lipinski definition) is 1. The van der Waals surface area contributed by atoms with E-state index in [4.69, 9.17) is 5.73 Å². The van der Waals surface area contributed by atoms with Crippen molar-refractivity contribution in [2.24, 2.45) is 5.73 Å². The molecule has 0 heterocycles. The summed E-state index contributed by atoms with van der Waals surface area (Å²) in [4.78, 5) is 0. The second-order valence-electron chi connectivity index (χ2n) is 4.04. The van der Waals surface area contributed by atoms with E-state index < -0.39 is 0 Å². The number of hydrogen-bond acceptors (Lipinski definition) is 1. The van der Waals surface area contributed by atoms with Crippen molar-refractivity contribution in [1.29, 1.82) is 0 Å². The largest absolute Gasteiger partial charge is 0.320 e. The van der Waals surface area contributed by atoms with Gasteiger partial charge in [-0.2, -0.15) is 0 Å². The number of aryl methyl sites for hydroxylation is 1. The van der Waals surface area contributed by atoms with Gasteiger partial charge >= 0.3 is 0 Å². The lowest BCUT2D eigenvalue weighted by Crippen LogP contribution is -2.12. The molecular formula is C14H13FIN. The van der Waals surface area contributed by atoms with Crippen molar-refractivity contribution in [2.75, 3.05) is 0 Å². The standard InChI is InChI=1S/C14H13FIN/c1-9-2-3-11(8-13(9)15)14(17)10-4-6-12(16)7-5-10/h2-8,14H,17H2,1H3. The summed E-state index contributed by atoms with van der Waals surface area (Å²) in [6, 6.07) is 12.8. The quantitative estimate of drug-likeness (QED) is 0.827. The minimum absolute atomic E-state index is 0.205. The Bertz CT molecular complexity index is 522. The van der Waals surface area contributed by atoms with Gasteiger partial charge in [0.05, 0.1) is 6.04 Å². The van der Waals surface area contributed by atoms with Gasteiger partial charge in [0, 0.05) is 3.57 Å². The lowest BCUT2D eigenvalue weighted by atomic mass is 9.98. The van der Waals surface area contributed by atoms with Crippen LogP contribution in [-0.4, -0.2) is 0 Å². The fraction of sp³-hybridized carbons (Fsp3) is 0.143. The van der Waals surface area contributed by atoms with Crippen molar-refractivity contribution >= 4 is 22.6 Å². The molecule has 2 N–H and O–H groups in total. The molecule has 2 aromatic carbocycles. The van der Waals surface area contributed by atoms with Gasteiger partial charge in [-0.15, -0.1) is 0 Å². The van der Waals surface area contributed by atoms with E-state index in [-0.39, 0.29) is 11.9 Å². The molecule has 0 aliphatic carbocycles. The monoisotopic (exact) mass is 341 g/mol. The highest BCUT2D eigenvalue weighted by Gasteiger charge is 2.10. The Morgan fingerprint density at radius 3 is 2.24 bits per heavy atom. The Hall–Kier alpha value is -0.940. The van der Waals surface area contributed by atoms with Gasteiger partial charge in [0.25, 0.3) is 0 Å². The fourth-order valence-electron chi connectivity index (χ4n) is 1.67. The first-order chi connectivity index (χ1) is 8.08. The van der Waals surface area contributed by atoms with Crippen LogP contribution >= 0.6 is 22.6 Å². The average molecular weight is 341 g/mol. The third-order valence-electron chi connectivity index (χ3n) is 2.78. The van der Waals surface area contributed by atoms with E-state index >= 15 is 0 Å². The van der Waals surface area contributed by atoms with Crippen molar-refractivity contribution in [3.8, 4) is 0 Å². The van der Waals surface area contributed by atoms with E-state index in [1.54, 1.807) is 13.0 Å². The summed E-state index contributed by atoms with van der Waals surface area (Å²) in [7, 11) is 0. The van der Waals surface area contributed by atoms with Crippen LogP contribution in [0.25, 0.3) is 0 Å².